The Balaban J connectivity index is 2.32. The van der Waals surface area contributed by atoms with Gasteiger partial charge in [-0.15, -0.1) is 0 Å². The predicted octanol–water partition coefficient (Wildman–Crippen LogP) is 3.56. The van der Waals surface area contributed by atoms with Crippen molar-refractivity contribution in [2.24, 2.45) is 23.5 Å². The lowest BCUT2D eigenvalue weighted by atomic mass is 9.79. The third kappa shape index (κ3) is 4.75. The van der Waals surface area contributed by atoms with Crippen molar-refractivity contribution in [1.29, 1.82) is 0 Å². The number of carbonyl (C=O) groups is 1. The van der Waals surface area contributed by atoms with E-state index in [0.29, 0.717) is 0 Å². The van der Waals surface area contributed by atoms with Crippen molar-refractivity contribution in [2.75, 3.05) is 27.2 Å². The van der Waals surface area contributed by atoms with Crippen LogP contribution in [-0.2, 0) is 15.9 Å². The van der Waals surface area contributed by atoms with Gasteiger partial charge in [0.25, 0.3) is 0 Å². The van der Waals surface area contributed by atoms with E-state index < -0.39 is 117 Å². The SMILES string of the molecule is [2H]c1c(OC)c(OC([2H])([2H])[2H])c([2H])c2c1C1([2H])CC(OC(=O)[C@@]([2H])(N)C([2H])(C([2H])([2H])[2H])C([2H])([2H])[2H])C(CC(C)C)CN1C([2H])([2H])C2([2H])[2H]. The number of carbonyl (C=O) groups excluding carboxylic acids is 1. The van der Waals surface area contributed by atoms with Crippen molar-refractivity contribution in [3.8, 4) is 11.5 Å². The predicted molar refractivity (Wildman–Crippen MR) is 118 cm³/mol. The van der Waals surface area contributed by atoms with Crippen LogP contribution < -0.4 is 15.2 Å². The highest BCUT2D eigenvalue weighted by molar-refractivity contribution is 5.76. The first kappa shape index (κ1) is 8.99. The lowest BCUT2D eigenvalue weighted by Gasteiger charge is -2.47. The van der Waals surface area contributed by atoms with Crippen LogP contribution in [-0.4, -0.2) is 50.2 Å². The minimum Gasteiger partial charge on any atom is -0.493 e. The summed E-state index contributed by atoms with van der Waals surface area (Å²) in [6, 6.07) is -8.17. The van der Waals surface area contributed by atoms with Gasteiger partial charge >= 0.3 is 5.97 Å². The Morgan fingerprint density at radius 2 is 2.20 bits per heavy atom. The van der Waals surface area contributed by atoms with Gasteiger partial charge in [-0.25, -0.2) is 0 Å². The summed E-state index contributed by atoms with van der Waals surface area (Å²) >= 11 is 0. The molecule has 30 heavy (non-hydrogen) atoms. The lowest BCUT2D eigenvalue weighted by molar-refractivity contribution is -0.160. The average Bonchev–Trinajstić information content (AvgIpc) is 2.87. The van der Waals surface area contributed by atoms with Crippen molar-refractivity contribution in [3.05, 3.63) is 23.2 Å². The molecule has 0 aliphatic carbocycles. The number of fused-ring (bicyclic) bond motifs is 3. The number of esters is 1. The molecule has 168 valence electrons. The van der Waals surface area contributed by atoms with E-state index in [2.05, 4.69) is 0 Å². The molecule has 0 aromatic heterocycles. The Hall–Kier alpha value is -1.79. The van der Waals surface area contributed by atoms with Crippen LogP contribution in [0.25, 0.3) is 0 Å². The highest BCUT2D eigenvalue weighted by Crippen LogP contribution is 2.44. The standard InChI is InChI=1S/C24H38N2O4/c1-14(2)9-17-13-26-8-7-16-10-21(28-5)22(29-6)11-18(16)19(26)12-20(17)30-24(27)23(25)15(3)4/h10-11,14-15,17,19-20,23H,7-9,12-13,25H2,1-6H3/t17?,19?,20?,23-/m0/s1/i3D3,4D3,5D3,7D2,8D2,10D,11D,15D,19D,23D. The van der Waals surface area contributed by atoms with Gasteiger partial charge in [-0.05, 0) is 47.8 Å². The second-order valence-electron chi connectivity index (χ2n) is 7.58. The van der Waals surface area contributed by atoms with Gasteiger partial charge in [-0.3, -0.25) is 9.69 Å². The van der Waals surface area contributed by atoms with Gasteiger partial charge in [0.1, 0.15) is 12.1 Å². The molecule has 4 atom stereocenters. The molecule has 0 bridgehead atoms. The molecule has 6 nitrogen and oxygen atoms in total. The van der Waals surface area contributed by atoms with Gasteiger partial charge in [0, 0.05) is 46.5 Å². The zero-order valence-corrected chi connectivity index (χ0v) is 17.0. The molecule has 3 unspecified atom stereocenters. The molecule has 2 N–H and O–H groups in total. The van der Waals surface area contributed by atoms with E-state index in [1.807, 2.05) is 0 Å². The maximum Gasteiger partial charge on any atom is 0.323 e. The average molecular weight is 437 g/mol. The Morgan fingerprint density at radius 3 is 2.87 bits per heavy atom. The molecule has 0 radical (unpaired) electrons. The Bertz CT molecular complexity index is 1410. The number of nitrogens with zero attached hydrogens (tertiary/aromatic N) is 1. The maximum absolute atomic E-state index is 13.5. The summed E-state index contributed by atoms with van der Waals surface area (Å²) in [5, 5.41) is 0. The molecule has 0 amide bonds. The second-order valence-corrected chi connectivity index (χ2v) is 7.58. The Morgan fingerprint density at radius 1 is 1.43 bits per heavy atom. The third-order valence-electron chi connectivity index (χ3n) is 5.03. The first-order chi connectivity index (χ1) is 21.3. The highest BCUT2D eigenvalue weighted by atomic mass is 16.5. The molecule has 1 saturated heterocycles. The molecule has 1 aromatic carbocycles. The number of hydrogen-bond acceptors (Lipinski definition) is 6. The van der Waals surface area contributed by atoms with Crippen LogP contribution in [0.3, 0.4) is 0 Å². The number of methoxy groups -OCH3 is 2. The Kier molecular flexibility index (Phi) is 2.86. The monoisotopic (exact) mass is 436 g/mol. The zero-order valence-electron chi connectivity index (χ0n) is 35.0. The molecular weight excluding hydrogens is 380 g/mol. The molecular formula is C24H38N2O4. The van der Waals surface area contributed by atoms with Crippen molar-refractivity contribution in [1.82, 2.24) is 4.90 Å². The number of nitrogens with two attached hydrogens (primary N) is 1. The van der Waals surface area contributed by atoms with Crippen LogP contribution in [0.15, 0.2) is 12.1 Å². The van der Waals surface area contributed by atoms with Crippen molar-refractivity contribution < 1.29 is 43.7 Å². The quantitative estimate of drug-likeness (QED) is 0.659. The molecule has 1 aromatic rings. The number of rotatable bonds is 7. The van der Waals surface area contributed by atoms with E-state index in [-0.39, 0.29) is 12.3 Å². The van der Waals surface area contributed by atoms with Crippen molar-refractivity contribution >= 4 is 5.97 Å². The number of benzene rings is 1. The van der Waals surface area contributed by atoms with E-state index in [0.717, 1.165) is 12.0 Å². The van der Waals surface area contributed by atoms with E-state index in [4.69, 9.17) is 43.2 Å². The normalized spacial score (nSPS) is 42.2. The molecule has 0 saturated carbocycles. The minimum atomic E-state index is -3.90. The molecule has 1 fully saturated rings. The second kappa shape index (κ2) is 9.56. The molecule has 2 aliphatic rings. The summed E-state index contributed by atoms with van der Waals surface area (Å²) in [5.41, 5.74) is 4.18. The van der Waals surface area contributed by atoms with Crippen LogP contribution in [0.1, 0.15) is 82.2 Å². The van der Waals surface area contributed by atoms with Gasteiger partial charge in [-0.2, -0.15) is 0 Å². The highest BCUT2D eigenvalue weighted by Gasteiger charge is 2.41. The van der Waals surface area contributed by atoms with Crippen LogP contribution in [0.2, 0.25) is 0 Å². The van der Waals surface area contributed by atoms with Crippen molar-refractivity contribution in [2.45, 2.75) is 64.9 Å². The van der Waals surface area contributed by atoms with Gasteiger partial charge in [0.05, 0.1) is 23.7 Å². The summed E-state index contributed by atoms with van der Waals surface area (Å²) in [7, 11) is -2.22. The van der Waals surface area contributed by atoms with Gasteiger partial charge in [0.15, 0.2) is 11.5 Å². The maximum atomic E-state index is 13.5. The topological polar surface area (TPSA) is 74.0 Å². The smallest absolute Gasteiger partial charge is 0.323 e. The molecule has 2 aliphatic heterocycles. The van der Waals surface area contributed by atoms with E-state index >= 15 is 0 Å². The summed E-state index contributed by atoms with van der Waals surface area (Å²) in [4.78, 5) is 14.3. The summed E-state index contributed by atoms with van der Waals surface area (Å²) in [6.07, 6.45) is -5.45. The van der Waals surface area contributed by atoms with Crippen LogP contribution >= 0.6 is 0 Å². The zero-order chi connectivity index (χ0) is 37.6. The lowest BCUT2D eigenvalue weighted by Crippen LogP contribution is -2.51. The number of piperidine rings is 1. The van der Waals surface area contributed by atoms with E-state index in [1.165, 1.54) is 0 Å². The fraction of sp³-hybridized carbons (Fsp3) is 0.708. The largest absolute Gasteiger partial charge is 0.493 e. The molecule has 6 heteroatoms. The van der Waals surface area contributed by atoms with E-state index in [9.17, 15) is 6.17 Å². The summed E-state index contributed by atoms with van der Waals surface area (Å²) in [6.45, 7) is -7.81. The van der Waals surface area contributed by atoms with Crippen LogP contribution in [0.5, 0.6) is 11.5 Å². The fourth-order valence-electron chi connectivity index (χ4n) is 3.67. The molecule has 3 rings (SSSR count). The first-order valence-electron chi connectivity index (χ1n) is 18.4. The number of hydrogen-bond donors (Lipinski definition) is 1. The first-order valence-corrected chi connectivity index (χ1v) is 9.44. The summed E-state index contributed by atoms with van der Waals surface area (Å²) < 4.78 is 163. The van der Waals surface area contributed by atoms with Gasteiger partial charge < -0.3 is 19.9 Å². The number of ether oxygens (including phenoxy) is 3. The van der Waals surface area contributed by atoms with Crippen LogP contribution in [0.4, 0.5) is 0 Å². The fourth-order valence-corrected chi connectivity index (χ4v) is 3.67. The van der Waals surface area contributed by atoms with Crippen molar-refractivity contribution in [3.63, 3.8) is 0 Å². The van der Waals surface area contributed by atoms with Gasteiger partial charge in [-0.1, -0.05) is 27.6 Å². The molecule has 0 spiro atoms. The molecule has 2 heterocycles. The van der Waals surface area contributed by atoms with Crippen LogP contribution in [0, 0.1) is 17.7 Å². The van der Waals surface area contributed by atoms with Gasteiger partial charge in [0.2, 0.25) is 0 Å². The van der Waals surface area contributed by atoms with E-state index in [1.54, 1.807) is 13.8 Å². The Labute approximate surface area is 206 Å². The third-order valence-corrected chi connectivity index (χ3v) is 5.03. The minimum absolute atomic E-state index is 0.114. The summed E-state index contributed by atoms with van der Waals surface area (Å²) in [5.74, 6) is -8.61.